The highest BCUT2D eigenvalue weighted by Gasteiger charge is 2.09. The first-order chi connectivity index (χ1) is 10.1. The molecule has 0 fully saturated rings. The van der Waals surface area contributed by atoms with Crippen LogP contribution in [0.2, 0.25) is 5.02 Å². The van der Waals surface area contributed by atoms with Crippen LogP contribution in [0.4, 0.5) is 5.69 Å². The molecule has 6 nitrogen and oxygen atoms in total. The topological polar surface area (TPSA) is 77.5 Å². The number of amides is 1. The molecule has 0 aliphatic carbocycles. The highest BCUT2D eigenvalue weighted by molar-refractivity contribution is 8.14. The van der Waals surface area contributed by atoms with Gasteiger partial charge >= 0.3 is 0 Å². The van der Waals surface area contributed by atoms with Crippen LogP contribution in [-0.2, 0) is 4.79 Å². The normalized spacial score (nSPS) is 13.1. The molecule has 2 rings (SSSR count). The molecule has 0 spiro atoms. The number of halogens is 1. The van der Waals surface area contributed by atoms with Gasteiger partial charge in [0.05, 0.1) is 12.3 Å². The maximum atomic E-state index is 11.6. The minimum absolute atomic E-state index is 0.184. The molecule has 1 aromatic rings. The smallest absolute Gasteiger partial charge is 0.248 e. The fourth-order valence-corrected chi connectivity index (χ4v) is 2.49. The van der Waals surface area contributed by atoms with E-state index in [1.54, 1.807) is 24.3 Å². The van der Waals surface area contributed by atoms with Crippen LogP contribution in [0.5, 0.6) is 0 Å². The summed E-state index contributed by atoms with van der Waals surface area (Å²) >= 11 is 12.2. The molecule has 0 atom stereocenters. The van der Waals surface area contributed by atoms with Crippen molar-refractivity contribution in [1.82, 2.24) is 16.2 Å². The number of hydrogen-bond acceptors (Lipinski definition) is 5. The second-order valence-corrected chi connectivity index (χ2v) is 5.85. The quantitative estimate of drug-likeness (QED) is 0.490. The van der Waals surface area contributed by atoms with Crippen LogP contribution in [0, 0.1) is 0 Å². The Hall–Kier alpha value is -1.51. The van der Waals surface area contributed by atoms with Gasteiger partial charge in [-0.05, 0) is 36.5 Å². The van der Waals surface area contributed by atoms with Crippen LogP contribution in [0.25, 0.3) is 0 Å². The summed E-state index contributed by atoms with van der Waals surface area (Å²) in [5, 5.41) is 7.75. The number of hydrogen-bond donors (Lipinski definition) is 4. The minimum Gasteiger partial charge on any atom is -0.363 e. The summed E-state index contributed by atoms with van der Waals surface area (Å²) in [6, 6.07) is 7.07. The van der Waals surface area contributed by atoms with Gasteiger partial charge in [-0.25, -0.2) is 0 Å². The lowest BCUT2D eigenvalue weighted by molar-refractivity contribution is -0.119. The molecule has 1 heterocycles. The number of amidine groups is 1. The van der Waals surface area contributed by atoms with E-state index in [1.807, 2.05) is 0 Å². The van der Waals surface area contributed by atoms with E-state index < -0.39 is 0 Å². The lowest BCUT2D eigenvalue weighted by atomic mass is 10.3. The molecular formula is C12H14ClN5OS2. The van der Waals surface area contributed by atoms with E-state index in [-0.39, 0.29) is 11.7 Å². The number of nitrogens with zero attached hydrogens (tertiary/aromatic N) is 1. The highest BCUT2D eigenvalue weighted by atomic mass is 35.5. The molecule has 21 heavy (non-hydrogen) atoms. The molecule has 112 valence electrons. The Balaban J connectivity index is 1.65. The van der Waals surface area contributed by atoms with Gasteiger partial charge in [-0.1, -0.05) is 23.4 Å². The zero-order valence-electron chi connectivity index (χ0n) is 11.0. The molecule has 4 N–H and O–H groups in total. The molecular weight excluding hydrogens is 330 g/mol. The van der Waals surface area contributed by atoms with E-state index >= 15 is 0 Å². The van der Waals surface area contributed by atoms with Crippen molar-refractivity contribution < 1.29 is 4.79 Å². The van der Waals surface area contributed by atoms with Gasteiger partial charge in [-0.3, -0.25) is 20.6 Å². The number of carbonyl (C=O) groups excluding carboxylic acids is 1. The average Bonchev–Trinajstić information content (AvgIpc) is 2.99. The molecule has 9 heteroatoms. The largest absolute Gasteiger partial charge is 0.363 e. The Morgan fingerprint density at radius 1 is 1.38 bits per heavy atom. The summed E-state index contributed by atoms with van der Waals surface area (Å²) in [6.07, 6.45) is 0. The summed E-state index contributed by atoms with van der Waals surface area (Å²) in [6.45, 7) is 1.59. The first-order valence-corrected chi connectivity index (χ1v) is 7.93. The Bertz CT molecular complexity index is 549. The van der Waals surface area contributed by atoms with Crippen molar-refractivity contribution in [3.05, 3.63) is 29.3 Å². The monoisotopic (exact) mass is 343 g/mol. The van der Waals surface area contributed by atoms with Crippen molar-refractivity contribution in [1.29, 1.82) is 0 Å². The number of aliphatic imine (C=N–C) groups is 1. The average molecular weight is 344 g/mol. The molecule has 0 aromatic heterocycles. The fourth-order valence-electron chi connectivity index (χ4n) is 1.46. The van der Waals surface area contributed by atoms with E-state index in [0.717, 1.165) is 23.9 Å². The van der Waals surface area contributed by atoms with Gasteiger partial charge in [0.1, 0.15) is 0 Å². The van der Waals surface area contributed by atoms with E-state index in [1.165, 1.54) is 11.8 Å². The van der Waals surface area contributed by atoms with Crippen LogP contribution in [0.3, 0.4) is 0 Å². The van der Waals surface area contributed by atoms with Crippen LogP contribution in [0.1, 0.15) is 0 Å². The van der Waals surface area contributed by atoms with Gasteiger partial charge in [0, 0.05) is 17.3 Å². The number of benzene rings is 1. The highest BCUT2D eigenvalue weighted by Crippen LogP contribution is 2.13. The van der Waals surface area contributed by atoms with Crippen LogP contribution in [-0.4, -0.2) is 35.0 Å². The summed E-state index contributed by atoms with van der Waals surface area (Å²) in [5.41, 5.74) is 5.93. The van der Waals surface area contributed by atoms with Crippen molar-refractivity contribution in [3.63, 3.8) is 0 Å². The number of thioether (sulfide) groups is 1. The van der Waals surface area contributed by atoms with Crippen molar-refractivity contribution in [3.8, 4) is 0 Å². The molecule has 0 unspecified atom stereocenters. The van der Waals surface area contributed by atoms with E-state index in [9.17, 15) is 4.79 Å². The fraction of sp³-hybridized carbons (Fsp3) is 0.250. The second kappa shape index (κ2) is 8.06. The van der Waals surface area contributed by atoms with Crippen molar-refractivity contribution in [2.24, 2.45) is 4.99 Å². The van der Waals surface area contributed by atoms with E-state index in [2.05, 4.69) is 26.5 Å². The zero-order valence-corrected chi connectivity index (χ0v) is 13.4. The van der Waals surface area contributed by atoms with Gasteiger partial charge in [0.15, 0.2) is 10.3 Å². The standard InChI is InChI=1S/C12H14ClN5OS2/c13-8-1-3-9(4-2-8)16-11(20)18-17-10(19)7-21-12-14-5-6-15-12/h1-4H,5-7H2,(H,14,15)(H,17,19)(H2,16,18,20). The third kappa shape index (κ3) is 5.78. The minimum atomic E-state index is -0.184. The van der Waals surface area contributed by atoms with Gasteiger partial charge in [-0.15, -0.1) is 0 Å². The van der Waals surface area contributed by atoms with Crippen molar-refractivity contribution in [2.45, 2.75) is 0 Å². The number of nitrogens with one attached hydrogen (secondary N) is 4. The van der Waals surface area contributed by atoms with E-state index in [0.29, 0.717) is 10.1 Å². The maximum Gasteiger partial charge on any atom is 0.248 e. The van der Waals surface area contributed by atoms with Crippen molar-refractivity contribution >= 4 is 57.5 Å². The number of carbonyl (C=O) groups is 1. The van der Waals surface area contributed by atoms with Crippen molar-refractivity contribution in [2.75, 3.05) is 24.2 Å². The Morgan fingerprint density at radius 2 is 2.14 bits per heavy atom. The third-order valence-electron chi connectivity index (χ3n) is 2.40. The molecule has 0 saturated heterocycles. The lowest BCUT2D eigenvalue weighted by Gasteiger charge is -2.11. The molecule has 0 saturated carbocycles. The van der Waals surface area contributed by atoms with Crippen LogP contribution in [0.15, 0.2) is 29.3 Å². The molecule has 1 aliphatic heterocycles. The van der Waals surface area contributed by atoms with Gasteiger partial charge < -0.3 is 10.6 Å². The first-order valence-electron chi connectivity index (χ1n) is 6.16. The zero-order chi connectivity index (χ0) is 15.1. The molecule has 1 aromatic carbocycles. The predicted molar refractivity (Wildman–Crippen MR) is 91.7 cm³/mol. The van der Waals surface area contributed by atoms with Gasteiger partial charge in [0.25, 0.3) is 0 Å². The summed E-state index contributed by atoms with van der Waals surface area (Å²) < 4.78 is 0. The number of anilines is 1. The maximum absolute atomic E-state index is 11.6. The van der Waals surface area contributed by atoms with Crippen LogP contribution < -0.4 is 21.5 Å². The number of thiocarbonyl (C=S) groups is 1. The second-order valence-electron chi connectivity index (χ2n) is 4.04. The number of rotatable bonds is 3. The summed E-state index contributed by atoms with van der Waals surface area (Å²) in [4.78, 5) is 15.8. The Morgan fingerprint density at radius 3 is 2.81 bits per heavy atom. The summed E-state index contributed by atoms with van der Waals surface area (Å²) in [5.74, 6) is 0.0826. The predicted octanol–water partition coefficient (Wildman–Crippen LogP) is 1.35. The third-order valence-corrected chi connectivity index (χ3v) is 3.81. The van der Waals surface area contributed by atoms with Gasteiger partial charge in [-0.2, -0.15) is 0 Å². The number of hydrazine groups is 1. The molecule has 1 aliphatic rings. The SMILES string of the molecule is O=C(CSC1=NCCN1)NNC(=S)Nc1ccc(Cl)cc1. The first kappa shape index (κ1) is 15.9. The molecule has 1 amide bonds. The van der Waals surface area contributed by atoms with Crippen LogP contribution >= 0.6 is 35.6 Å². The molecule has 0 bridgehead atoms. The molecule has 0 radical (unpaired) electrons. The Labute approximate surface area is 137 Å². The lowest BCUT2D eigenvalue weighted by Crippen LogP contribution is -2.44. The summed E-state index contributed by atoms with van der Waals surface area (Å²) in [7, 11) is 0. The Kier molecular flexibility index (Phi) is 6.09. The van der Waals surface area contributed by atoms with E-state index in [4.69, 9.17) is 23.8 Å². The van der Waals surface area contributed by atoms with Gasteiger partial charge in [0.2, 0.25) is 5.91 Å².